The molecule has 0 amide bonds. The van der Waals surface area contributed by atoms with Crippen molar-refractivity contribution in [2.75, 3.05) is 6.61 Å². The number of alkyl halides is 3. The number of halogens is 3. The highest BCUT2D eigenvalue weighted by atomic mass is 32.1. The Balaban J connectivity index is 2.81. The summed E-state index contributed by atoms with van der Waals surface area (Å²) in [5.41, 5.74) is 0.301. The van der Waals surface area contributed by atoms with Crippen molar-refractivity contribution in [3.8, 4) is 0 Å². The van der Waals surface area contributed by atoms with Gasteiger partial charge in [0.1, 0.15) is 4.64 Å². The molecule has 118 valence electrons. The van der Waals surface area contributed by atoms with Gasteiger partial charge in [-0.2, -0.15) is 13.2 Å². The molecule has 0 unspecified atom stereocenters. The van der Waals surface area contributed by atoms with E-state index in [1.165, 1.54) is 17.7 Å². The summed E-state index contributed by atoms with van der Waals surface area (Å²) in [7, 11) is 1.53. The molecule has 1 aromatic carbocycles. The van der Waals surface area contributed by atoms with E-state index in [9.17, 15) is 18.0 Å². The molecule has 0 saturated carbocycles. The molecular formula is C15H14F3NO2S. The molecule has 0 radical (unpaired) electrons. The van der Waals surface area contributed by atoms with Crippen LogP contribution in [-0.2, 0) is 18.0 Å². The predicted octanol–water partition coefficient (Wildman–Crippen LogP) is 4.41. The van der Waals surface area contributed by atoms with Gasteiger partial charge >= 0.3 is 12.1 Å². The summed E-state index contributed by atoms with van der Waals surface area (Å²) < 4.78 is 45.1. The minimum Gasteiger partial charge on any atom is -0.462 e. The van der Waals surface area contributed by atoms with Crippen LogP contribution in [0.25, 0.3) is 10.9 Å². The number of aromatic nitrogens is 1. The van der Waals surface area contributed by atoms with Crippen molar-refractivity contribution in [3.63, 3.8) is 0 Å². The van der Waals surface area contributed by atoms with Gasteiger partial charge in [-0.15, -0.1) is 0 Å². The van der Waals surface area contributed by atoms with E-state index < -0.39 is 17.7 Å². The van der Waals surface area contributed by atoms with E-state index in [2.05, 4.69) is 0 Å². The van der Waals surface area contributed by atoms with Crippen molar-refractivity contribution in [2.24, 2.45) is 7.05 Å². The van der Waals surface area contributed by atoms with Crippen molar-refractivity contribution in [2.45, 2.75) is 20.0 Å². The number of rotatable bonds is 2. The maximum absolute atomic E-state index is 12.8. The molecule has 1 aromatic heterocycles. The molecule has 0 spiro atoms. The zero-order valence-corrected chi connectivity index (χ0v) is 13.1. The molecule has 2 aromatic rings. The highest BCUT2D eigenvalue weighted by Gasteiger charge is 2.31. The second-order valence-electron chi connectivity index (χ2n) is 4.81. The number of pyridine rings is 1. The van der Waals surface area contributed by atoms with E-state index in [0.717, 1.165) is 12.1 Å². The number of carbonyl (C=O) groups excluding carboxylic acids is 1. The lowest BCUT2D eigenvalue weighted by Crippen LogP contribution is -2.13. The molecule has 2 rings (SSSR count). The Morgan fingerprint density at radius 1 is 1.36 bits per heavy atom. The lowest BCUT2D eigenvalue weighted by Gasteiger charge is -2.15. The molecule has 0 atom stereocenters. The first-order chi connectivity index (χ1) is 10.2. The van der Waals surface area contributed by atoms with Gasteiger partial charge < -0.3 is 9.30 Å². The standard InChI is InChI=1S/C15H14F3NO2S/c1-4-21-14(20)12-8(2)10-6-5-9(15(16,17)18)7-11(10)19(3)13(12)22/h5-7H,4H2,1-3H3. The Morgan fingerprint density at radius 3 is 2.55 bits per heavy atom. The molecule has 0 aliphatic rings. The Labute approximate surface area is 130 Å². The van der Waals surface area contributed by atoms with E-state index in [-0.39, 0.29) is 16.8 Å². The van der Waals surface area contributed by atoms with Gasteiger partial charge in [0.05, 0.1) is 17.7 Å². The maximum Gasteiger partial charge on any atom is 0.416 e. The van der Waals surface area contributed by atoms with Gasteiger partial charge in [0, 0.05) is 18.0 Å². The minimum absolute atomic E-state index is 0.155. The average Bonchev–Trinajstić information content (AvgIpc) is 2.44. The molecule has 0 fully saturated rings. The van der Waals surface area contributed by atoms with Gasteiger partial charge in [-0.05, 0) is 31.5 Å². The van der Waals surface area contributed by atoms with Gasteiger partial charge in [0.25, 0.3) is 0 Å². The fourth-order valence-electron chi connectivity index (χ4n) is 2.32. The van der Waals surface area contributed by atoms with Crippen LogP contribution >= 0.6 is 12.2 Å². The Hall–Kier alpha value is -1.89. The first-order valence-electron chi connectivity index (χ1n) is 6.56. The molecule has 0 N–H and O–H groups in total. The Kier molecular flexibility index (Phi) is 4.28. The summed E-state index contributed by atoms with van der Waals surface area (Å²) in [4.78, 5) is 12.0. The fraction of sp³-hybridized carbons (Fsp3) is 0.333. The first-order valence-corrected chi connectivity index (χ1v) is 6.97. The van der Waals surface area contributed by atoms with Crippen LogP contribution in [0.4, 0.5) is 13.2 Å². The molecule has 0 saturated heterocycles. The van der Waals surface area contributed by atoms with Crippen LogP contribution in [-0.4, -0.2) is 17.1 Å². The van der Waals surface area contributed by atoms with Crippen LogP contribution in [0.3, 0.4) is 0 Å². The summed E-state index contributed by atoms with van der Waals surface area (Å²) in [5.74, 6) is -0.567. The molecular weight excluding hydrogens is 315 g/mol. The molecule has 1 heterocycles. The second-order valence-corrected chi connectivity index (χ2v) is 5.20. The highest BCUT2D eigenvalue weighted by molar-refractivity contribution is 7.71. The summed E-state index contributed by atoms with van der Waals surface area (Å²) in [5, 5.41) is 0.534. The van der Waals surface area contributed by atoms with E-state index >= 15 is 0 Å². The van der Waals surface area contributed by atoms with Crippen LogP contribution < -0.4 is 0 Å². The van der Waals surface area contributed by atoms with Crippen LogP contribution in [0.5, 0.6) is 0 Å². The monoisotopic (exact) mass is 329 g/mol. The quantitative estimate of drug-likeness (QED) is 0.604. The first kappa shape index (κ1) is 16.5. The van der Waals surface area contributed by atoms with E-state index in [1.807, 2.05) is 0 Å². The zero-order chi connectivity index (χ0) is 16.7. The third kappa shape index (κ3) is 2.72. The normalized spacial score (nSPS) is 11.7. The summed E-state index contributed by atoms with van der Waals surface area (Å²) in [6.07, 6.45) is -4.43. The Morgan fingerprint density at radius 2 is 2.00 bits per heavy atom. The van der Waals surface area contributed by atoms with E-state index in [0.29, 0.717) is 16.5 Å². The van der Waals surface area contributed by atoms with Crippen molar-refractivity contribution in [1.29, 1.82) is 0 Å². The maximum atomic E-state index is 12.8. The molecule has 3 nitrogen and oxygen atoms in total. The Bertz CT molecular complexity index is 809. The number of ether oxygens (including phenoxy) is 1. The smallest absolute Gasteiger partial charge is 0.416 e. The lowest BCUT2D eigenvalue weighted by atomic mass is 10.0. The van der Waals surface area contributed by atoms with Crippen LogP contribution in [0.2, 0.25) is 0 Å². The third-order valence-corrected chi connectivity index (χ3v) is 3.94. The SMILES string of the molecule is CCOC(=O)c1c(C)c2ccc(C(F)(F)F)cc2n(C)c1=S. The second kappa shape index (κ2) is 5.72. The van der Waals surface area contributed by atoms with Crippen LogP contribution in [0.15, 0.2) is 18.2 Å². The number of carbonyl (C=O) groups is 1. The number of esters is 1. The predicted molar refractivity (Wildman–Crippen MR) is 79.4 cm³/mol. The molecule has 0 aliphatic carbocycles. The largest absolute Gasteiger partial charge is 0.462 e. The summed E-state index contributed by atoms with van der Waals surface area (Å²) >= 11 is 5.22. The number of nitrogens with zero attached hydrogens (tertiary/aromatic N) is 1. The van der Waals surface area contributed by atoms with Crippen LogP contribution in [0.1, 0.15) is 28.4 Å². The zero-order valence-electron chi connectivity index (χ0n) is 12.2. The number of hydrogen-bond donors (Lipinski definition) is 0. The average molecular weight is 329 g/mol. The van der Waals surface area contributed by atoms with E-state index in [1.54, 1.807) is 13.8 Å². The number of benzene rings is 1. The topological polar surface area (TPSA) is 31.2 Å². The van der Waals surface area contributed by atoms with Gasteiger partial charge in [0.2, 0.25) is 0 Å². The van der Waals surface area contributed by atoms with Crippen LogP contribution in [0, 0.1) is 11.6 Å². The summed E-state index contributed by atoms with van der Waals surface area (Å²) in [6.45, 7) is 3.52. The number of hydrogen-bond acceptors (Lipinski definition) is 3. The van der Waals surface area contributed by atoms with Gasteiger partial charge in [-0.1, -0.05) is 18.3 Å². The van der Waals surface area contributed by atoms with Gasteiger partial charge in [-0.25, -0.2) is 4.79 Å². The number of fused-ring (bicyclic) bond motifs is 1. The summed E-state index contributed by atoms with van der Waals surface area (Å²) in [6, 6.07) is 3.38. The third-order valence-electron chi connectivity index (χ3n) is 3.46. The molecule has 22 heavy (non-hydrogen) atoms. The fourth-order valence-corrected chi connectivity index (χ4v) is 2.65. The van der Waals surface area contributed by atoms with Gasteiger partial charge in [0.15, 0.2) is 0 Å². The van der Waals surface area contributed by atoms with Gasteiger partial charge in [-0.3, -0.25) is 0 Å². The molecule has 7 heteroatoms. The molecule has 0 aliphatic heterocycles. The van der Waals surface area contributed by atoms with Crippen molar-refractivity contribution in [3.05, 3.63) is 39.5 Å². The van der Waals surface area contributed by atoms with Crippen molar-refractivity contribution in [1.82, 2.24) is 4.57 Å². The number of aryl methyl sites for hydroxylation is 2. The molecule has 0 bridgehead atoms. The minimum atomic E-state index is -4.43. The highest BCUT2D eigenvalue weighted by Crippen LogP contribution is 2.33. The lowest BCUT2D eigenvalue weighted by molar-refractivity contribution is -0.137. The van der Waals surface area contributed by atoms with E-state index in [4.69, 9.17) is 17.0 Å². The van der Waals surface area contributed by atoms with Crippen molar-refractivity contribution < 1.29 is 22.7 Å². The van der Waals surface area contributed by atoms with Crippen molar-refractivity contribution >= 4 is 29.1 Å².